The first kappa shape index (κ1) is 12.7. The van der Waals surface area contributed by atoms with Crippen molar-refractivity contribution in [3.05, 3.63) is 48.9 Å². The Morgan fingerprint density at radius 1 is 1.14 bits per heavy atom. The lowest BCUT2D eigenvalue weighted by atomic mass is 10.1. The molecule has 0 N–H and O–H groups in total. The van der Waals surface area contributed by atoms with E-state index in [1.54, 1.807) is 12.4 Å². The van der Waals surface area contributed by atoms with E-state index in [4.69, 9.17) is 4.52 Å². The summed E-state index contributed by atoms with van der Waals surface area (Å²) in [4.78, 5) is 8.85. The van der Waals surface area contributed by atoms with Gasteiger partial charge in [-0.2, -0.15) is 10.1 Å². The van der Waals surface area contributed by atoms with Gasteiger partial charge >= 0.3 is 0 Å². The Balaban J connectivity index is 1.73. The highest BCUT2D eigenvalue weighted by Gasteiger charge is 2.13. The molecule has 0 unspecified atom stereocenters. The summed E-state index contributed by atoms with van der Waals surface area (Å²) < 4.78 is 7.15. The van der Waals surface area contributed by atoms with E-state index in [9.17, 15) is 0 Å². The summed E-state index contributed by atoms with van der Waals surface area (Å²) >= 11 is 0. The van der Waals surface area contributed by atoms with Crippen molar-refractivity contribution >= 4 is 10.9 Å². The van der Waals surface area contributed by atoms with Gasteiger partial charge in [-0.15, -0.1) is 0 Å². The van der Waals surface area contributed by atoms with Crippen LogP contribution in [-0.2, 0) is 6.54 Å². The third kappa shape index (κ3) is 2.14. The smallest absolute Gasteiger partial charge is 0.261 e. The predicted molar refractivity (Wildman–Crippen MR) is 81.9 cm³/mol. The van der Waals surface area contributed by atoms with E-state index in [0.29, 0.717) is 11.7 Å². The minimum absolute atomic E-state index is 0.461. The maximum Gasteiger partial charge on any atom is 0.261 e. The topological polar surface area (TPSA) is 69.6 Å². The zero-order valence-corrected chi connectivity index (χ0v) is 12.0. The van der Waals surface area contributed by atoms with Crippen LogP contribution in [0.4, 0.5) is 0 Å². The number of nitrogens with zero attached hydrogens (tertiary/aromatic N) is 5. The Bertz CT molecular complexity index is 940. The zero-order chi connectivity index (χ0) is 14.9. The third-order valence-corrected chi connectivity index (χ3v) is 3.48. The molecule has 4 rings (SSSR count). The second kappa shape index (κ2) is 5.07. The Morgan fingerprint density at radius 3 is 2.91 bits per heavy atom. The van der Waals surface area contributed by atoms with Crippen molar-refractivity contribution < 1.29 is 4.52 Å². The van der Waals surface area contributed by atoms with E-state index < -0.39 is 0 Å². The highest BCUT2D eigenvalue weighted by molar-refractivity contribution is 5.82. The van der Waals surface area contributed by atoms with E-state index in [-0.39, 0.29) is 0 Å². The molecule has 22 heavy (non-hydrogen) atoms. The second-order valence-electron chi connectivity index (χ2n) is 4.92. The molecule has 0 aliphatic heterocycles. The van der Waals surface area contributed by atoms with E-state index in [1.165, 1.54) is 0 Å². The van der Waals surface area contributed by atoms with Crippen molar-refractivity contribution in [3.63, 3.8) is 0 Å². The number of hydrogen-bond donors (Lipinski definition) is 0. The van der Waals surface area contributed by atoms with Crippen molar-refractivity contribution in [1.82, 2.24) is 24.9 Å². The van der Waals surface area contributed by atoms with Crippen molar-refractivity contribution in [3.8, 4) is 22.8 Å². The van der Waals surface area contributed by atoms with Crippen LogP contribution in [0, 0.1) is 0 Å². The van der Waals surface area contributed by atoms with Crippen LogP contribution in [0.5, 0.6) is 0 Å². The van der Waals surface area contributed by atoms with Crippen LogP contribution in [0.25, 0.3) is 33.7 Å². The molecule has 1 aromatic carbocycles. The lowest BCUT2D eigenvalue weighted by molar-refractivity contribution is 0.432. The molecule has 3 heterocycles. The highest BCUT2D eigenvalue weighted by atomic mass is 16.5. The van der Waals surface area contributed by atoms with Gasteiger partial charge in [0.25, 0.3) is 5.89 Å². The molecule has 0 saturated carbocycles. The summed E-state index contributed by atoms with van der Waals surface area (Å²) in [6, 6.07) is 9.94. The first-order valence-corrected chi connectivity index (χ1v) is 7.05. The fourth-order valence-corrected chi connectivity index (χ4v) is 2.30. The Labute approximate surface area is 126 Å². The van der Waals surface area contributed by atoms with Crippen molar-refractivity contribution in [2.24, 2.45) is 0 Å². The van der Waals surface area contributed by atoms with Gasteiger partial charge in [-0.1, -0.05) is 23.4 Å². The largest absolute Gasteiger partial charge is 0.333 e. The van der Waals surface area contributed by atoms with E-state index in [2.05, 4.69) is 20.2 Å². The van der Waals surface area contributed by atoms with E-state index in [1.807, 2.05) is 48.1 Å². The monoisotopic (exact) mass is 291 g/mol. The van der Waals surface area contributed by atoms with Crippen LogP contribution in [0.2, 0.25) is 0 Å². The average molecular weight is 291 g/mol. The number of benzene rings is 1. The fourth-order valence-electron chi connectivity index (χ4n) is 2.30. The molecule has 4 aromatic rings. The van der Waals surface area contributed by atoms with Crippen molar-refractivity contribution in [2.45, 2.75) is 13.5 Å². The molecule has 6 nitrogen and oxygen atoms in total. The fraction of sp³-hybridized carbons (Fsp3) is 0.125. The summed E-state index contributed by atoms with van der Waals surface area (Å²) in [7, 11) is 0. The normalized spacial score (nSPS) is 11.1. The molecular formula is C16H13N5O. The van der Waals surface area contributed by atoms with Gasteiger partial charge in [0.2, 0.25) is 5.82 Å². The summed E-state index contributed by atoms with van der Waals surface area (Å²) in [6.45, 7) is 2.83. The quantitative estimate of drug-likeness (QED) is 0.580. The molecule has 0 saturated heterocycles. The second-order valence-corrected chi connectivity index (χ2v) is 4.92. The van der Waals surface area contributed by atoms with E-state index in [0.717, 1.165) is 28.6 Å². The minimum atomic E-state index is 0.461. The summed E-state index contributed by atoms with van der Waals surface area (Å²) in [5, 5.41) is 9.30. The Kier molecular flexibility index (Phi) is 2.93. The average Bonchev–Trinajstić information content (AvgIpc) is 3.23. The van der Waals surface area contributed by atoms with Crippen molar-refractivity contribution in [2.75, 3.05) is 0 Å². The SMILES string of the molecule is CCn1cc(-c2nc(-c3cnc4ccccc4c3)no2)cn1. The minimum Gasteiger partial charge on any atom is -0.333 e. The van der Waals surface area contributed by atoms with Crippen molar-refractivity contribution in [1.29, 1.82) is 0 Å². The molecule has 0 aliphatic rings. The lowest BCUT2D eigenvalue weighted by Crippen LogP contribution is -1.91. The van der Waals surface area contributed by atoms with Gasteiger partial charge in [-0.05, 0) is 19.1 Å². The van der Waals surface area contributed by atoms with Crippen LogP contribution in [-0.4, -0.2) is 24.9 Å². The maximum atomic E-state index is 5.33. The number of pyridine rings is 1. The number of hydrogen-bond acceptors (Lipinski definition) is 5. The van der Waals surface area contributed by atoms with Gasteiger partial charge in [0.15, 0.2) is 0 Å². The Morgan fingerprint density at radius 2 is 2.05 bits per heavy atom. The third-order valence-electron chi connectivity index (χ3n) is 3.48. The molecule has 0 amide bonds. The number of para-hydroxylation sites is 1. The molecule has 0 spiro atoms. The summed E-state index contributed by atoms with van der Waals surface area (Å²) in [6.07, 6.45) is 5.36. The van der Waals surface area contributed by atoms with Gasteiger partial charge in [0.05, 0.1) is 17.3 Å². The predicted octanol–water partition coefficient (Wildman–Crippen LogP) is 3.17. The summed E-state index contributed by atoms with van der Waals surface area (Å²) in [5.74, 6) is 0.986. The van der Waals surface area contributed by atoms with Crippen LogP contribution >= 0.6 is 0 Å². The molecule has 3 aromatic heterocycles. The Hall–Kier alpha value is -3.02. The number of aromatic nitrogens is 5. The molecule has 0 bridgehead atoms. The zero-order valence-electron chi connectivity index (χ0n) is 12.0. The number of fused-ring (bicyclic) bond motifs is 1. The molecular weight excluding hydrogens is 278 g/mol. The number of rotatable bonds is 3. The molecule has 0 aliphatic carbocycles. The molecule has 108 valence electrons. The van der Waals surface area contributed by atoms with Gasteiger partial charge in [-0.25, -0.2) is 0 Å². The standard InChI is InChI=1S/C16H13N5O/c1-2-21-10-13(9-18-21)16-19-15(20-22-16)12-7-11-5-3-4-6-14(11)17-8-12/h3-10H,2H2,1H3. The van der Waals surface area contributed by atoms with Gasteiger partial charge < -0.3 is 4.52 Å². The molecule has 0 radical (unpaired) electrons. The molecule has 6 heteroatoms. The first-order chi connectivity index (χ1) is 10.8. The van der Waals surface area contributed by atoms with Crippen LogP contribution in [0.15, 0.2) is 53.4 Å². The van der Waals surface area contributed by atoms with Crippen LogP contribution < -0.4 is 0 Å². The molecule has 0 atom stereocenters. The maximum absolute atomic E-state index is 5.33. The molecule has 0 fully saturated rings. The van der Waals surface area contributed by atoms with Gasteiger partial charge in [-0.3, -0.25) is 9.67 Å². The van der Waals surface area contributed by atoms with Gasteiger partial charge in [0.1, 0.15) is 0 Å². The first-order valence-electron chi connectivity index (χ1n) is 7.05. The lowest BCUT2D eigenvalue weighted by Gasteiger charge is -1.98. The summed E-state index contributed by atoms with van der Waals surface area (Å²) in [5.41, 5.74) is 2.59. The van der Waals surface area contributed by atoms with Crippen LogP contribution in [0.1, 0.15) is 6.92 Å². The van der Waals surface area contributed by atoms with E-state index >= 15 is 0 Å². The van der Waals surface area contributed by atoms with Crippen LogP contribution in [0.3, 0.4) is 0 Å². The van der Waals surface area contributed by atoms with Gasteiger partial charge in [0, 0.05) is 29.9 Å². The highest BCUT2D eigenvalue weighted by Crippen LogP contribution is 2.23. The number of aryl methyl sites for hydroxylation is 1.